The lowest BCUT2D eigenvalue weighted by Gasteiger charge is -2.02. The van der Waals surface area contributed by atoms with Gasteiger partial charge in [0.15, 0.2) is 0 Å². The first kappa shape index (κ1) is 9.43. The largest absolute Gasteiger partial charge is 0.397 e. The third kappa shape index (κ3) is 2.02. The molecule has 72 valence electrons. The molecule has 0 radical (unpaired) electrons. The lowest BCUT2D eigenvalue weighted by Crippen LogP contribution is -1.93. The van der Waals surface area contributed by atoms with Crippen molar-refractivity contribution in [2.45, 2.75) is 9.10 Å². The molecule has 2 nitrogen and oxygen atoms in total. The highest BCUT2D eigenvalue weighted by Crippen LogP contribution is 2.33. The van der Waals surface area contributed by atoms with Crippen molar-refractivity contribution in [3.8, 4) is 0 Å². The molecule has 1 heterocycles. The zero-order chi connectivity index (χ0) is 9.97. The summed E-state index contributed by atoms with van der Waals surface area (Å²) in [5.41, 5.74) is 12.6. The lowest BCUT2D eigenvalue weighted by molar-refractivity contribution is 1.46. The minimum Gasteiger partial charge on any atom is -0.397 e. The van der Waals surface area contributed by atoms with Gasteiger partial charge in [-0.3, -0.25) is 0 Å². The fourth-order valence-corrected chi connectivity index (χ4v) is 2.85. The van der Waals surface area contributed by atoms with E-state index >= 15 is 0 Å². The van der Waals surface area contributed by atoms with Gasteiger partial charge in [-0.25, -0.2) is 0 Å². The van der Waals surface area contributed by atoms with Crippen molar-refractivity contribution in [1.29, 1.82) is 0 Å². The van der Waals surface area contributed by atoms with Crippen LogP contribution in [-0.2, 0) is 0 Å². The average Bonchev–Trinajstić information content (AvgIpc) is 2.64. The molecule has 0 aliphatic rings. The molecule has 0 saturated carbocycles. The molecule has 2 rings (SSSR count). The summed E-state index contributed by atoms with van der Waals surface area (Å²) in [6, 6.07) is 9.84. The first-order chi connectivity index (χ1) is 6.75. The van der Waals surface area contributed by atoms with E-state index in [1.54, 1.807) is 23.1 Å². The van der Waals surface area contributed by atoms with Gasteiger partial charge in [0, 0.05) is 4.90 Å². The van der Waals surface area contributed by atoms with Crippen LogP contribution in [0.4, 0.5) is 11.4 Å². The molecule has 0 aliphatic heterocycles. The number of thiophene rings is 1. The summed E-state index contributed by atoms with van der Waals surface area (Å²) in [4.78, 5) is 1.12. The van der Waals surface area contributed by atoms with E-state index in [4.69, 9.17) is 11.5 Å². The van der Waals surface area contributed by atoms with Gasteiger partial charge in [0.1, 0.15) is 0 Å². The highest BCUT2D eigenvalue weighted by atomic mass is 32.2. The molecule has 0 unspecified atom stereocenters. The maximum atomic E-state index is 5.71. The van der Waals surface area contributed by atoms with Crippen LogP contribution < -0.4 is 11.5 Å². The first-order valence-corrected chi connectivity index (χ1v) is 5.81. The SMILES string of the molecule is Nc1ccc(Sc2cccs2)cc1N. The van der Waals surface area contributed by atoms with Crippen LogP contribution in [0.5, 0.6) is 0 Å². The highest BCUT2D eigenvalue weighted by molar-refractivity contribution is 8.01. The molecular formula is C10H10N2S2. The standard InChI is InChI=1S/C10H10N2S2/c11-8-4-3-7(6-9(8)12)14-10-2-1-5-13-10/h1-6H,11-12H2. The Balaban J connectivity index is 2.22. The predicted octanol–water partition coefficient (Wildman–Crippen LogP) is 3.06. The van der Waals surface area contributed by atoms with Crippen molar-refractivity contribution in [3.63, 3.8) is 0 Å². The Kier molecular flexibility index (Phi) is 2.65. The third-order valence-electron chi connectivity index (χ3n) is 1.77. The summed E-state index contributed by atoms with van der Waals surface area (Å²) in [6.07, 6.45) is 0. The van der Waals surface area contributed by atoms with Gasteiger partial charge < -0.3 is 11.5 Å². The van der Waals surface area contributed by atoms with E-state index in [0.717, 1.165) is 4.90 Å². The van der Waals surface area contributed by atoms with Gasteiger partial charge in [0.05, 0.1) is 15.6 Å². The zero-order valence-corrected chi connectivity index (χ0v) is 9.07. The molecule has 0 spiro atoms. The van der Waals surface area contributed by atoms with Crippen molar-refractivity contribution in [2.75, 3.05) is 11.5 Å². The molecule has 0 fully saturated rings. The van der Waals surface area contributed by atoms with Crippen LogP contribution in [0.1, 0.15) is 0 Å². The van der Waals surface area contributed by atoms with E-state index in [2.05, 4.69) is 11.4 Å². The molecule has 0 bridgehead atoms. The van der Waals surface area contributed by atoms with Crippen LogP contribution in [0.15, 0.2) is 44.8 Å². The number of benzene rings is 1. The normalized spacial score (nSPS) is 10.3. The molecule has 1 aromatic carbocycles. The molecule has 0 saturated heterocycles. The van der Waals surface area contributed by atoms with Crippen LogP contribution >= 0.6 is 23.1 Å². The Bertz CT molecular complexity index is 424. The van der Waals surface area contributed by atoms with Gasteiger partial charge in [-0.2, -0.15) is 0 Å². The van der Waals surface area contributed by atoms with Crippen molar-refractivity contribution in [1.82, 2.24) is 0 Å². The smallest absolute Gasteiger partial charge is 0.0646 e. The lowest BCUT2D eigenvalue weighted by atomic mass is 10.3. The van der Waals surface area contributed by atoms with E-state index in [1.807, 2.05) is 24.3 Å². The Morgan fingerprint density at radius 3 is 2.57 bits per heavy atom. The molecule has 14 heavy (non-hydrogen) atoms. The third-order valence-corrected chi connectivity index (χ3v) is 3.80. The summed E-state index contributed by atoms with van der Waals surface area (Å²) in [7, 11) is 0. The van der Waals surface area contributed by atoms with Crippen molar-refractivity contribution >= 4 is 34.5 Å². The molecule has 4 N–H and O–H groups in total. The summed E-state index contributed by atoms with van der Waals surface area (Å²) >= 11 is 3.42. The molecule has 0 aliphatic carbocycles. The quantitative estimate of drug-likeness (QED) is 0.768. The minimum absolute atomic E-state index is 0.639. The maximum absolute atomic E-state index is 5.71. The average molecular weight is 222 g/mol. The number of anilines is 2. The van der Waals surface area contributed by atoms with Gasteiger partial charge >= 0.3 is 0 Å². The van der Waals surface area contributed by atoms with Crippen molar-refractivity contribution < 1.29 is 0 Å². The van der Waals surface area contributed by atoms with E-state index < -0.39 is 0 Å². The van der Waals surface area contributed by atoms with Gasteiger partial charge in [-0.1, -0.05) is 17.8 Å². The second-order valence-electron chi connectivity index (χ2n) is 2.82. The Morgan fingerprint density at radius 2 is 1.93 bits per heavy atom. The molecule has 0 atom stereocenters. The maximum Gasteiger partial charge on any atom is 0.0646 e. The topological polar surface area (TPSA) is 52.0 Å². The van der Waals surface area contributed by atoms with E-state index in [-0.39, 0.29) is 0 Å². The Labute approximate surface area is 90.9 Å². The number of rotatable bonds is 2. The van der Waals surface area contributed by atoms with Crippen LogP contribution in [-0.4, -0.2) is 0 Å². The number of nitrogen functional groups attached to an aromatic ring is 2. The second-order valence-corrected chi connectivity index (χ2v) is 5.15. The van der Waals surface area contributed by atoms with Crippen LogP contribution in [0.2, 0.25) is 0 Å². The summed E-state index contributed by atoms with van der Waals surface area (Å²) in [5, 5.41) is 2.06. The summed E-state index contributed by atoms with van der Waals surface area (Å²) in [6.45, 7) is 0. The number of hydrogen-bond acceptors (Lipinski definition) is 4. The molecular weight excluding hydrogens is 212 g/mol. The summed E-state index contributed by atoms with van der Waals surface area (Å²) in [5.74, 6) is 0. The van der Waals surface area contributed by atoms with Crippen LogP contribution in [0.25, 0.3) is 0 Å². The van der Waals surface area contributed by atoms with E-state index in [1.165, 1.54) is 4.21 Å². The van der Waals surface area contributed by atoms with Gasteiger partial charge in [-0.05, 0) is 29.6 Å². The van der Waals surface area contributed by atoms with Gasteiger partial charge in [-0.15, -0.1) is 11.3 Å². The molecule has 0 amide bonds. The second kappa shape index (κ2) is 3.94. The number of nitrogens with two attached hydrogens (primary N) is 2. The van der Waals surface area contributed by atoms with Gasteiger partial charge in [0.25, 0.3) is 0 Å². The molecule has 4 heteroatoms. The fraction of sp³-hybridized carbons (Fsp3) is 0. The monoisotopic (exact) mass is 222 g/mol. The van der Waals surface area contributed by atoms with E-state index in [9.17, 15) is 0 Å². The minimum atomic E-state index is 0.639. The Hall–Kier alpha value is -1.13. The first-order valence-electron chi connectivity index (χ1n) is 4.12. The van der Waals surface area contributed by atoms with E-state index in [0.29, 0.717) is 11.4 Å². The van der Waals surface area contributed by atoms with Crippen LogP contribution in [0.3, 0.4) is 0 Å². The zero-order valence-electron chi connectivity index (χ0n) is 7.44. The van der Waals surface area contributed by atoms with Crippen molar-refractivity contribution in [2.24, 2.45) is 0 Å². The fourth-order valence-electron chi connectivity index (χ4n) is 1.05. The van der Waals surface area contributed by atoms with Gasteiger partial charge in [0.2, 0.25) is 0 Å². The molecule has 2 aromatic rings. The molecule has 1 aromatic heterocycles. The van der Waals surface area contributed by atoms with Crippen molar-refractivity contribution in [3.05, 3.63) is 35.7 Å². The Morgan fingerprint density at radius 1 is 1.07 bits per heavy atom. The highest BCUT2D eigenvalue weighted by Gasteiger charge is 2.00. The predicted molar refractivity (Wildman–Crippen MR) is 63.7 cm³/mol. The summed E-state index contributed by atoms with van der Waals surface area (Å²) < 4.78 is 1.26. The number of hydrogen-bond donors (Lipinski definition) is 2. The van der Waals surface area contributed by atoms with Crippen LogP contribution in [0, 0.1) is 0 Å².